The normalized spacial score (nSPS) is 16.6. The Hall–Kier alpha value is -2.50. The number of halogens is 1. The van der Waals surface area contributed by atoms with Crippen molar-refractivity contribution in [3.8, 4) is 5.75 Å². The third-order valence-electron chi connectivity index (χ3n) is 6.06. The zero-order valence-corrected chi connectivity index (χ0v) is 18.1. The van der Waals surface area contributed by atoms with Crippen LogP contribution in [-0.4, -0.2) is 27.7 Å². The first-order valence-corrected chi connectivity index (χ1v) is 10.8. The van der Waals surface area contributed by atoms with E-state index < -0.39 is 0 Å². The molecule has 158 valence electrons. The average molecular weight is 427 g/mol. The third-order valence-corrected chi connectivity index (χ3v) is 6.31. The van der Waals surface area contributed by atoms with Gasteiger partial charge in [-0.3, -0.25) is 9.69 Å². The first-order chi connectivity index (χ1) is 14.4. The Balaban J connectivity index is 1.83. The minimum Gasteiger partial charge on any atom is -0.507 e. The molecule has 4 rings (SSSR count). The van der Waals surface area contributed by atoms with E-state index in [-0.39, 0.29) is 17.4 Å². The van der Waals surface area contributed by atoms with Gasteiger partial charge in [-0.2, -0.15) is 0 Å². The molecule has 0 unspecified atom stereocenters. The molecule has 1 fully saturated rings. The van der Waals surface area contributed by atoms with Crippen LogP contribution in [0.15, 0.2) is 57.9 Å². The van der Waals surface area contributed by atoms with Gasteiger partial charge in [0.1, 0.15) is 11.5 Å². The van der Waals surface area contributed by atoms with Crippen LogP contribution in [0, 0.1) is 12.8 Å². The summed E-state index contributed by atoms with van der Waals surface area (Å²) in [6.45, 7) is 6.16. The molecule has 0 spiro atoms. The number of likely N-dealkylation sites (tertiary alicyclic amines) is 1. The van der Waals surface area contributed by atoms with Gasteiger partial charge in [0.15, 0.2) is 0 Å². The molecule has 3 aromatic rings. The van der Waals surface area contributed by atoms with Crippen LogP contribution in [0.3, 0.4) is 0 Å². The fraction of sp³-hybridized carbons (Fsp3) is 0.375. The number of hydrogen-bond acceptors (Lipinski definition) is 4. The Morgan fingerprint density at radius 3 is 2.53 bits per heavy atom. The van der Waals surface area contributed by atoms with Gasteiger partial charge in [-0.15, -0.1) is 0 Å². The van der Waals surface area contributed by atoms with Crippen LogP contribution in [0.4, 0.5) is 0 Å². The van der Waals surface area contributed by atoms with E-state index in [1.165, 1.54) is 0 Å². The minimum absolute atomic E-state index is 0.0340. The van der Waals surface area contributed by atoms with Crippen LogP contribution >= 0.6 is 11.6 Å². The Bertz CT molecular complexity index is 1050. The highest BCUT2D eigenvalue weighted by atomic mass is 35.5. The second kappa shape index (κ2) is 8.70. The van der Waals surface area contributed by atoms with Crippen molar-refractivity contribution < 1.29 is 9.52 Å². The largest absolute Gasteiger partial charge is 0.507 e. The summed E-state index contributed by atoms with van der Waals surface area (Å²) in [5.41, 5.74) is 1.86. The van der Waals surface area contributed by atoms with Crippen molar-refractivity contribution in [2.24, 2.45) is 5.92 Å². The van der Waals surface area contributed by atoms with E-state index in [0.717, 1.165) is 31.5 Å². The van der Waals surface area contributed by atoms with Gasteiger partial charge in [-0.1, -0.05) is 30.7 Å². The predicted octanol–water partition coefficient (Wildman–Crippen LogP) is 4.98. The Kier molecular flexibility index (Phi) is 6.02. The van der Waals surface area contributed by atoms with Crippen LogP contribution in [0.5, 0.6) is 5.75 Å². The monoisotopic (exact) mass is 426 g/mol. The molecule has 1 atom stereocenters. The molecular formula is C24H27ClN2O3. The molecule has 0 bridgehead atoms. The van der Waals surface area contributed by atoms with Crippen molar-refractivity contribution in [2.75, 3.05) is 13.1 Å². The Morgan fingerprint density at radius 2 is 1.90 bits per heavy atom. The molecule has 1 saturated heterocycles. The maximum absolute atomic E-state index is 13.6. The first-order valence-electron chi connectivity index (χ1n) is 10.4. The fourth-order valence-electron chi connectivity index (χ4n) is 4.27. The molecule has 0 amide bonds. The van der Waals surface area contributed by atoms with E-state index in [4.69, 9.17) is 16.0 Å². The Labute approximate surface area is 181 Å². The highest BCUT2D eigenvalue weighted by molar-refractivity contribution is 6.30. The number of furan rings is 1. The second-order valence-corrected chi connectivity index (χ2v) is 8.66. The highest BCUT2D eigenvalue weighted by Gasteiger charge is 2.31. The van der Waals surface area contributed by atoms with Gasteiger partial charge in [0.05, 0.1) is 24.4 Å². The van der Waals surface area contributed by atoms with Gasteiger partial charge < -0.3 is 14.1 Å². The molecule has 1 aliphatic rings. The van der Waals surface area contributed by atoms with Crippen molar-refractivity contribution in [1.29, 1.82) is 0 Å². The lowest BCUT2D eigenvalue weighted by Crippen LogP contribution is -2.40. The number of aromatic nitrogens is 1. The average Bonchev–Trinajstić information content (AvgIpc) is 3.23. The summed E-state index contributed by atoms with van der Waals surface area (Å²) in [5.74, 6) is 1.40. The summed E-state index contributed by atoms with van der Waals surface area (Å²) in [6, 6.07) is 12.6. The number of aromatic hydroxyl groups is 1. The lowest BCUT2D eigenvalue weighted by Gasteiger charge is -2.37. The van der Waals surface area contributed by atoms with Gasteiger partial charge in [0.25, 0.3) is 5.56 Å². The number of benzene rings is 1. The Morgan fingerprint density at radius 1 is 1.20 bits per heavy atom. The molecule has 1 aliphatic heterocycles. The van der Waals surface area contributed by atoms with Crippen molar-refractivity contribution in [1.82, 2.24) is 9.47 Å². The van der Waals surface area contributed by atoms with Gasteiger partial charge in [0, 0.05) is 10.7 Å². The lowest BCUT2D eigenvalue weighted by atomic mass is 9.92. The number of hydrogen-bond donors (Lipinski definition) is 1. The zero-order chi connectivity index (χ0) is 21.3. The summed E-state index contributed by atoms with van der Waals surface area (Å²) in [5, 5.41) is 11.5. The van der Waals surface area contributed by atoms with Crippen molar-refractivity contribution in [3.63, 3.8) is 0 Å². The van der Waals surface area contributed by atoms with Crippen molar-refractivity contribution >= 4 is 11.6 Å². The molecule has 0 radical (unpaired) electrons. The van der Waals surface area contributed by atoms with E-state index in [1.54, 1.807) is 16.9 Å². The maximum Gasteiger partial charge on any atom is 0.260 e. The summed E-state index contributed by atoms with van der Waals surface area (Å²) in [7, 11) is 0. The smallest absolute Gasteiger partial charge is 0.260 e. The topological polar surface area (TPSA) is 58.6 Å². The first kappa shape index (κ1) is 20.8. The van der Waals surface area contributed by atoms with Crippen molar-refractivity contribution in [2.45, 2.75) is 39.3 Å². The summed E-state index contributed by atoms with van der Waals surface area (Å²) >= 11 is 6.12. The van der Waals surface area contributed by atoms with Crippen LogP contribution < -0.4 is 5.56 Å². The van der Waals surface area contributed by atoms with Gasteiger partial charge in [-0.05, 0) is 74.7 Å². The molecule has 3 heterocycles. The molecule has 6 heteroatoms. The van der Waals surface area contributed by atoms with Crippen LogP contribution in [0.2, 0.25) is 5.02 Å². The number of nitrogens with zero attached hydrogens (tertiary/aromatic N) is 2. The predicted molar refractivity (Wildman–Crippen MR) is 118 cm³/mol. The van der Waals surface area contributed by atoms with E-state index >= 15 is 0 Å². The van der Waals surface area contributed by atoms with Gasteiger partial charge in [-0.25, -0.2) is 0 Å². The molecule has 1 aromatic carbocycles. The number of piperidine rings is 1. The van der Waals surface area contributed by atoms with Gasteiger partial charge >= 0.3 is 0 Å². The van der Waals surface area contributed by atoms with Crippen molar-refractivity contribution in [3.05, 3.63) is 86.7 Å². The molecule has 0 aliphatic carbocycles. The molecule has 0 saturated carbocycles. The van der Waals surface area contributed by atoms with Crippen LogP contribution in [0.25, 0.3) is 0 Å². The van der Waals surface area contributed by atoms with E-state index in [9.17, 15) is 9.90 Å². The maximum atomic E-state index is 13.6. The van der Waals surface area contributed by atoms with Crippen LogP contribution in [0.1, 0.15) is 48.4 Å². The highest BCUT2D eigenvalue weighted by Crippen LogP contribution is 2.35. The van der Waals surface area contributed by atoms with Crippen LogP contribution in [-0.2, 0) is 6.54 Å². The quantitative estimate of drug-likeness (QED) is 0.625. The number of aryl methyl sites for hydroxylation is 1. The molecular weight excluding hydrogens is 400 g/mol. The summed E-state index contributed by atoms with van der Waals surface area (Å²) in [4.78, 5) is 15.9. The lowest BCUT2D eigenvalue weighted by molar-refractivity contribution is 0.154. The fourth-order valence-corrected chi connectivity index (χ4v) is 4.40. The summed E-state index contributed by atoms with van der Waals surface area (Å²) < 4.78 is 7.13. The minimum atomic E-state index is -0.328. The zero-order valence-electron chi connectivity index (χ0n) is 17.3. The molecule has 5 nitrogen and oxygen atoms in total. The third kappa shape index (κ3) is 4.18. The van der Waals surface area contributed by atoms with Gasteiger partial charge in [0.2, 0.25) is 0 Å². The van der Waals surface area contributed by atoms with E-state index in [0.29, 0.717) is 34.5 Å². The SMILES string of the molecule is Cc1cc(O)c([C@@H](c2ccc(Cl)cc2)N2CCC(C)CC2)c(=O)n1Cc1ccco1. The molecule has 1 N–H and O–H groups in total. The second-order valence-electron chi connectivity index (χ2n) is 8.23. The standard InChI is InChI=1S/C24H27ClN2O3/c1-16-9-11-26(12-10-16)23(18-5-7-19(25)8-6-18)22-21(28)14-17(2)27(24(22)29)15-20-4-3-13-30-20/h3-8,13-14,16,23,28H,9-12,15H2,1-2H3/t23-/m1/s1. The molecule has 2 aromatic heterocycles. The number of pyridine rings is 1. The summed E-state index contributed by atoms with van der Waals surface area (Å²) in [6.07, 6.45) is 3.73. The van der Waals surface area contributed by atoms with E-state index in [1.807, 2.05) is 43.3 Å². The molecule has 30 heavy (non-hydrogen) atoms. The van der Waals surface area contributed by atoms with E-state index in [2.05, 4.69) is 11.8 Å². The number of rotatable bonds is 5.